The van der Waals surface area contributed by atoms with Crippen molar-refractivity contribution in [2.75, 3.05) is 11.9 Å². The van der Waals surface area contributed by atoms with E-state index < -0.39 is 0 Å². The third-order valence-electron chi connectivity index (χ3n) is 2.97. The van der Waals surface area contributed by atoms with Gasteiger partial charge in [-0.3, -0.25) is 4.79 Å². The van der Waals surface area contributed by atoms with E-state index in [0.29, 0.717) is 19.0 Å². The van der Waals surface area contributed by atoms with Gasteiger partial charge in [-0.1, -0.05) is 50.2 Å². The van der Waals surface area contributed by atoms with Crippen LogP contribution in [0.3, 0.4) is 0 Å². The summed E-state index contributed by atoms with van der Waals surface area (Å²) in [7, 11) is 0. The third-order valence-corrected chi connectivity index (χ3v) is 2.97. The molecule has 0 aromatic heterocycles. The molecule has 2 aromatic carbocycles. The maximum Gasteiger partial charge on any atom is 0.225 e. The van der Waals surface area contributed by atoms with E-state index in [-0.39, 0.29) is 5.91 Å². The molecule has 2 aromatic rings. The van der Waals surface area contributed by atoms with Gasteiger partial charge in [0.2, 0.25) is 5.91 Å². The maximum absolute atomic E-state index is 11.9. The average molecular weight is 256 g/mol. The van der Waals surface area contributed by atoms with E-state index in [1.165, 1.54) is 0 Å². The number of carbonyl (C=O) groups excluding carboxylic acids is 1. The van der Waals surface area contributed by atoms with Crippen molar-refractivity contribution < 1.29 is 4.79 Å². The van der Waals surface area contributed by atoms with Gasteiger partial charge < -0.3 is 10.6 Å². The number of hydrogen-bond acceptors (Lipinski definition) is 2. The molecule has 3 nitrogen and oxygen atoms in total. The van der Waals surface area contributed by atoms with Gasteiger partial charge in [0.25, 0.3) is 0 Å². The first-order chi connectivity index (χ1) is 9.16. The van der Waals surface area contributed by atoms with Crippen LogP contribution in [0.15, 0.2) is 42.5 Å². The van der Waals surface area contributed by atoms with Crippen LogP contribution in [0, 0.1) is 0 Å². The first kappa shape index (κ1) is 13.6. The minimum absolute atomic E-state index is 0.0458. The van der Waals surface area contributed by atoms with Gasteiger partial charge in [0.05, 0.1) is 0 Å². The Labute approximate surface area is 114 Å². The van der Waals surface area contributed by atoms with Gasteiger partial charge in [-0.25, -0.2) is 0 Å². The summed E-state index contributed by atoms with van der Waals surface area (Å²) in [6, 6.07) is 14.4. The molecule has 0 atom stereocenters. The standard InChI is InChI=1S/C16H20N2O/c1-12(2)17-11-10-16(19)18-15-9-5-7-13-6-3-4-8-14(13)15/h3-9,12,17H,10-11H2,1-2H3,(H,18,19). The van der Waals surface area contributed by atoms with Gasteiger partial charge >= 0.3 is 0 Å². The quantitative estimate of drug-likeness (QED) is 0.862. The minimum Gasteiger partial charge on any atom is -0.325 e. The molecule has 2 N–H and O–H groups in total. The molecule has 0 bridgehead atoms. The third kappa shape index (κ3) is 3.80. The SMILES string of the molecule is CC(C)NCCC(=O)Nc1cccc2ccccc12. The van der Waals surface area contributed by atoms with Gasteiger partial charge in [-0.15, -0.1) is 0 Å². The Balaban J connectivity index is 2.03. The zero-order valence-electron chi connectivity index (χ0n) is 11.4. The molecule has 0 aliphatic carbocycles. The minimum atomic E-state index is 0.0458. The summed E-state index contributed by atoms with van der Waals surface area (Å²) in [6.07, 6.45) is 0.488. The van der Waals surface area contributed by atoms with E-state index in [0.717, 1.165) is 16.5 Å². The molecule has 0 aliphatic rings. The molecule has 100 valence electrons. The highest BCUT2D eigenvalue weighted by Crippen LogP contribution is 2.22. The zero-order valence-corrected chi connectivity index (χ0v) is 11.4. The Morgan fingerprint density at radius 3 is 2.63 bits per heavy atom. The maximum atomic E-state index is 11.9. The van der Waals surface area contributed by atoms with Crippen LogP contribution in [0.25, 0.3) is 10.8 Å². The Morgan fingerprint density at radius 1 is 1.11 bits per heavy atom. The number of carbonyl (C=O) groups is 1. The molecule has 19 heavy (non-hydrogen) atoms. The first-order valence-electron chi connectivity index (χ1n) is 6.68. The van der Waals surface area contributed by atoms with Crippen molar-refractivity contribution in [3.05, 3.63) is 42.5 Å². The number of fused-ring (bicyclic) bond motifs is 1. The summed E-state index contributed by atoms with van der Waals surface area (Å²) in [5.74, 6) is 0.0458. The number of hydrogen-bond donors (Lipinski definition) is 2. The van der Waals surface area contributed by atoms with E-state index in [1.54, 1.807) is 0 Å². The van der Waals surface area contributed by atoms with Crippen LogP contribution in [-0.2, 0) is 4.79 Å². The Bertz CT molecular complexity index is 558. The van der Waals surface area contributed by atoms with Gasteiger partial charge in [0.15, 0.2) is 0 Å². The highest BCUT2D eigenvalue weighted by atomic mass is 16.1. The largest absolute Gasteiger partial charge is 0.325 e. The summed E-state index contributed by atoms with van der Waals surface area (Å²) in [5.41, 5.74) is 0.882. The molecule has 2 rings (SSSR count). The summed E-state index contributed by atoms with van der Waals surface area (Å²) in [4.78, 5) is 11.9. The molecule has 0 unspecified atom stereocenters. The van der Waals surface area contributed by atoms with Crippen molar-refractivity contribution in [2.45, 2.75) is 26.3 Å². The smallest absolute Gasteiger partial charge is 0.225 e. The highest BCUT2D eigenvalue weighted by molar-refractivity contribution is 6.02. The van der Waals surface area contributed by atoms with E-state index in [2.05, 4.69) is 24.5 Å². The van der Waals surface area contributed by atoms with E-state index in [1.807, 2.05) is 42.5 Å². The second-order valence-corrected chi connectivity index (χ2v) is 4.93. The fraction of sp³-hybridized carbons (Fsp3) is 0.312. The summed E-state index contributed by atoms with van der Waals surface area (Å²) in [5, 5.41) is 8.44. The van der Waals surface area contributed by atoms with Gasteiger partial charge in [-0.2, -0.15) is 0 Å². The van der Waals surface area contributed by atoms with Gasteiger partial charge in [0.1, 0.15) is 0 Å². The first-order valence-corrected chi connectivity index (χ1v) is 6.68. The van der Waals surface area contributed by atoms with Crippen LogP contribution in [0.2, 0.25) is 0 Å². The fourth-order valence-electron chi connectivity index (χ4n) is 2.02. The molecule has 0 aliphatic heterocycles. The van der Waals surface area contributed by atoms with Crippen molar-refractivity contribution in [1.82, 2.24) is 5.32 Å². The zero-order chi connectivity index (χ0) is 13.7. The van der Waals surface area contributed by atoms with Crippen molar-refractivity contribution in [1.29, 1.82) is 0 Å². The Hall–Kier alpha value is -1.87. The normalized spacial score (nSPS) is 10.9. The van der Waals surface area contributed by atoms with Crippen LogP contribution >= 0.6 is 0 Å². The van der Waals surface area contributed by atoms with Crippen LogP contribution < -0.4 is 10.6 Å². The molecular formula is C16H20N2O. The Kier molecular flexibility index (Phi) is 4.53. The highest BCUT2D eigenvalue weighted by Gasteiger charge is 2.05. The Morgan fingerprint density at radius 2 is 1.84 bits per heavy atom. The summed E-state index contributed by atoms with van der Waals surface area (Å²) in [6.45, 7) is 4.85. The molecular weight excluding hydrogens is 236 g/mol. The number of anilines is 1. The second-order valence-electron chi connectivity index (χ2n) is 4.93. The lowest BCUT2D eigenvalue weighted by atomic mass is 10.1. The molecule has 0 fully saturated rings. The van der Waals surface area contributed by atoms with E-state index in [9.17, 15) is 4.79 Å². The van der Waals surface area contributed by atoms with E-state index in [4.69, 9.17) is 0 Å². The lowest BCUT2D eigenvalue weighted by Crippen LogP contribution is -2.27. The van der Waals surface area contributed by atoms with Crippen LogP contribution in [0.4, 0.5) is 5.69 Å². The molecule has 0 heterocycles. The van der Waals surface area contributed by atoms with Crippen molar-refractivity contribution in [3.63, 3.8) is 0 Å². The van der Waals surface area contributed by atoms with Crippen LogP contribution in [0.5, 0.6) is 0 Å². The van der Waals surface area contributed by atoms with Crippen molar-refractivity contribution in [2.24, 2.45) is 0 Å². The second kappa shape index (κ2) is 6.34. The van der Waals surface area contributed by atoms with Crippen molar-refractivity contribution in [3.8, 4) is 0 Å². The molecule has 1 amide bonds. The van der Waals surface area contributed by atoms with E-state index >= 15 is 0 Å². The summed E-state index contributed by atoms with van der Waals surface area (Å²) >= 11 is 0. The van der Waals surface area contributed by atoms with Crippen LogP contribution in [0.1, 0.15) is 20.3 Å². The molecule has 3 heteroatoms. The lowest BCUT2D eigenvalue weighted by molar-refractivity contribution is -0.116. The van der Waals surface area contributed by atoms with Crippen LogP contribution in [-0.4, -0.2) is 18.5 Å². The van der Waals surface area contributed by atoms with Gasteiger partial charge in [0, 0.05) is 30.1 Å². The van der Waals surface area contributed by atoms with Crippen molar-refractivity contribution >= 4 is 22.4 Å². The summed E-state index contributed by atoms with van der Waals surface area (Å²) < 4.78 is 0. The lowest BCUT2D eigenvalue weighted by Gasteiger charge is -2.10. The predicted octanol–water partition coefficient (Wildman–Crippen LogP) is 3.17. The molecule has 0 spiro atoms. The molecule has 0 radical (unpaired) electrons. The molecule has 0 saturated heterocycles. The number of benzene rings is 2. The predicted molar refractivity (Wildman–Crippen MR) is 80.3 cm³/mol. The van der Waals surface area contributed by atoms with Gasteiger partial charge in [-0.05, 0) is 11.5 Å². The monoisotopic (exact) mass is 256 g/mol. The fourth-order valence-corrected chi connectivity index (χ4v) is 2.02. The topological polar surface area (TPSA) is 41.1 Å². The molecule has 0 saturated carbocycles. The number of amides is 1. The average Bonchev–Trinajstić information content (AvgIpc) is 2.39. The number of nitrogens with one attached hydrogen (secondary N) is 2. The number of rotatable bonds is 5.